The molecule has 3 rings (SSSR count). The molecule has 0 saturated heterocycles. The topological polar surface area (TPSA) is 112 Å². The summed E-state index contributed by atoms with van der Waals surface area (Å²) >= 11 is 0. The molecule has 29 heavy (non-hydrogen) atoms. The smallest absolute Gasteiger partial charge is 0.279 e. The Balaban J connectivity index is 1.99. The van der Waals surface area contributed by atoms with Crippen LogP contribution in [0, 0.1) is 0 Å². The van der Waals surface area contributed by atoms with Crippen LogP contribution in [0.2, 0.25) is 0 Å². The Morgan fingerprint density at radius 2 is 1.66 bits per heavy atom. The van der Waals surface area contributed by atoms with E-state index in [2.05, 4.69) is 10.4 Å². The third-order valence-corrected chi connectivity index (χ3v) is 4.08. The Bertz CT molecular complexity index is 1110. The summed E-state index contributed by atoms with van der Waals surface area (Å²) in [5, 5.41) is 16.7. The van der Waals surface area contributed by atoms with Crippen LogP contribution in [0.1, 0.15) is 10.5 Å². The first-order valence-electron chi connectivity index (χ1n) is 8.48. The average molecular weight is 397 g/mol. The summed E-state index contributed by atoms with van der Waals surface area (Å²) in [6, 6.07) is 12.4. The number of carbonyl (C=O) groups excluding carboxylic acids is 1. The zero-order chi connectivity index (χ0) is 21.0. The molecule has 1 amide bonds. The Kier molecular flexibility index (Phi) is 5.68. The molecule has 0 atom stereocenters. The normalized spacial score (nSPS) is 10.3. The van der Waals surface area contributed by atoms with E-state index in [1.54, 1.807) is 42.5 Å². The lowest BCUT2D eigenvalue weighted by Gasteiger charge is -2.13. The highest BCUT2D eigenvalue weighted by molar-refractivity contribution is 6.04. The molecule has 0 saturated carbocycles. The number of aromatic nitrogens is 2. The minimum atomic E-state index is -0.710. The van der Waals surface area contributed by atoms with Gasteiger partial charge in [0, 0.05) is 17.8 Å². The van der Waals surface area contributed by atoms with Gasteiger partial charge < -0.3 is 24.6 Å². The first-order chi connectivity index (χ1) is 14.0. The number of aromatic hydroxyl groups is 1. The minimum Gasteiger partial charge on any atom is -0.505 e. The van der Waals surface area contributed by atoms with Crippen molar-refractivity contribution in [1.29, 1.82) is 0 Å². The second-order valence-corrected chi connectivity index (χ2v) is 5.82. The van der Waals surface area contributed by atoms with E-state index in [0.717, 1.165) is 10.7 Å². The quantitative estimate of drug-likeness (QED) is 0.656. The number of nitrogens with one attached hydrogen (secondary N) is 1. The van der Waals surface area contributed by atoms with E-state index < -0.39 is 17.2 Å². The predicted molar refractivity (Wildman–Crippen MR) is 106 cm³/mol. The fraction of sp³-hybridized carbons (Fsp3) is 0.150. The van der Waals surface area contributed by atoms with Gasteiger partial charge in [0.1, 0.15) is 11.4 Å². The molecule has 0 aliphatic rings. The highest BCUT2D eigenvalue weighted by atomic mass is 16.5. The number of hydrogen-bond donors (Lipinski definition) is 2. The van der Waals surface area contributed by atoms with Gasteiger partial charge in [-0.25, -0.2) is 0 Å². The van der Waals surface area contributed by atoms with Gasteiger partial charge in [0.25, 0.3) is 11.5 Å². The maximum absolute atomic E-state index is 12.7. The summed E-state index contributed by atoms with van der Waals surface area (Å²) in [6.45, 7) is 0. The van der Waals surface area contributed by atoms with Crippen molar-refractivity contribution < 1.29 is 24.1 Å². The van der Waals surface area contributed by atoms with Gasteiger partial charge in [0.2, 0.25) is 0 Å². The second-order valence-electron chi connectivity index (χ2n) is 5.82. The van der Waals surface area contributed by atoms with Gasteiger partial charge in [-0.3, -0.25) is 9.59 Å². The SMILES string of the molecule is COc1ccc(NC(=O)c2nn(-c3ccccc3OC)c(=O)cc2O)cc1OC. The number of nitrogens with zero attached hydrogens (tertiary/aromatic N) is 2. The molecule has 9 heteroatoms. The van der Waals surface area contributed by atoms with Crippen molar-refractivity contribution in [3.8, 4) is 28.7 Å². The molecule has 150 valence electrons. The summed E-state index contributed by atoms with van der Waals surface area (Å²) in [7, 11) is 4.42. The summed E-state index contributed by atoms with van der Waals surface area (Å²) < 4.78 is 16.6. The largest absolute Gasteiger partial charge is 0.505 e. The number of methoxy groups -OCH3 is 3. The van der Waals surface area contributed by atoms with Crippen molar-refractivity contribution >= 4 is 11.6 Å². The lowest BCUT2D eigenvalue weighted by atomic mass is 10.2. The van der Waals surface area contributed by atoms with Crippen LogP contribution in [-0.2, 0) is 0 Å². The number of carbonyl (C=O) groups is 1. The molecule has 0 radical (unpaired) electrons. The second kappa shape index (κ2) is 8.34. The third kappa shape index (κ3) is 3.98. The lowest BCUT2D eigenvalue weighted by molar-refractivity contribution is 0.101. The molecule has 9 nitrogen and oxygen atoms in total. The third-order valence-electron chi connectivity index (χ3n) is 4.08. The van der Waals surface area contributed by atoms with Crippen molar-refractivity contribution in [2.75, 3.05) is 26.6 Å². The predicted octanol–water partition coefficient (Wildman–Crippen LogP) is 2.22. The van der Waals surface area contributed by atoms with Crippen LogP contribution < -0.4 is 25.1 Å². The van der Waals surface area contributed by atoms with Gasteiger partial charge in [-0.15, -0.1) is 0 Å². The number of amides is 1. The van der Waals surface area contributed by atoms with Crippen LogP contribution in [0.25, 0.3) is 5.69 Å². The highest BCUT2D eigenvalue weighted by Gasteiger charge is 2.19. The van der Waals surface area contributed by atoms with Gasteiger partial charge in [0.05, 0.1) is 21.3 Å². The molecule has 1 heterocycles. The molecule has 0 spiro atoms. The first-order valence-corrected chi connectivity index (χ1v) is 8.48. The molecule has 0 bridgehead atoms. The number of para-hydroxylation sites is 2. The lowest BCUT2D eigenvalue weighted by Crippen LogP contribution is -2.25. The first kappa shape index (κ1) is 19.7. The van der Waals surface area contributed by atoms with E-state index in [1.807, 2.05) is 0 Å². The average Bonchev–Trinajstić information content (AvgIpc) is 2.73. The van der Waals surface area contributed by atoms with E-state index in [1.165, 1.54) is 21.3 Å². The van der Waals surface area contributed by atoms with E-state index in [9.17, 15) is 14.7 Å². The highest BCUT2D eigenvalue weighted by Crippen LogP contribution is 2.30. The maximum atomic E-state index is 12.7. The molecule has 0 aliphatic carbocycles. The van der Waals surface area contributed by atoms with E-state index in [4.69, 9.17) is 14.2 Å². The van der Waals surface area contributed by atoms with Crippen LogP contribution in [0.5, 0.6) is 23.0 Å². The number of benzene rings is 2. The Hall–Kier alpha value is -4.01. The number of anilines is 1. The summed E-state index contributed by atoms with van der Waals surface area (Å²) in [4.78, 5) is 25.0. The zero-order valence-electron chi connectivity index (χ0n) is 16.0. The van der Waals surface area contributed by atoms with Gasteiger partial charge in [-0.2, -0.15) is 9.78 Å². The molecule has 0 aliphatic heterocycles. The van der Waals surface area contributed by atoms with Crippen LogP contribution in [-0.4, -0.2) is 42.1 Å². The number of rotatable bonds is 6. The minimum absolute atomic E-state index is 0.328. The zero-order valence-corrected chi connectivity index (χ0v) is 16.0. The maximum Gasteiger partial charge on any atom is 0.279 e. The molecular weight excluding hydrogens is 378 g/mol. The molecule has 2 N–H and O–H groups in total. The van der Waals surface area contributed by atoms with Crippen molar-refractivity contribution in [3.05, 3.63) is 64.6 Å². The van der Waals surface area contributed by atoms with Crippen molar-refractivity contribution in [2.24, 2.45) is 0 Å². The van der Waals surface area contributed by atoms with Crippen LogP contribution in [0.3, 0.4) is 0 Å². The monoisotopic (exact) mass is 397 g/mol. The van der Waals surface area contributed by atoms with Crippen molar-refractivity contribution in [2.45, 2.75) is 0 Å². The molecule has 0 fully saturated rings. The van der Waals surface area contributed by atoms with Gasteiger partial charge >= 0.3 is 0 Å². The van der Waals surface area contributed by atoms with Gasteiger partial charge in [-0.1, -0.05) is 12.1 Å². The Labute approximate surface area is 166 Å². The molecule has 1 aromatic heterocycles. The van der Waals surface area contributed by atoms with E-state index in [-0.39, 0.29) is 5.69 Å². The molecular formula is C20H19N3O6. The summed E-state index contributed by atoms with van der Waals surface area (Å²) in [6.07, 6.45) is 0. The summed E-state index contributed by atoms with van der Waals surface area (Å²) in [5.74, 6) is 0.0502. The van der Waals surface area contributed by atoms with E-state index in [0.29, 0.717) is 28.6 Å². The Morgan fingerprint density at radius 3 is 2.34 bits per heavy atom. The van der Waals surface area contributed by atoms with Crippen LogP contribution in [0.4, 0.5) is 5.69 Å². The van der Waals surface area contributed by atoms with Crippen molar-refractivity contribution in [3.63, 3.8) is 0 Å². The Morgan fingerprint density at radius 1 is 0.966 bits per heavy atom. The molecule has 2 aromatic carbocycles. The van der Waals surface area contributed by atoms with Gasteiger partial charge in [-0.05, 0) is 24.3 Å². The van der Waals surface area contributed by atoms with Crippen LogP contribution in [0.15, 0.2) is 53.3 Å². The standard InChI is InChI=1S/C20H19N3O6/c1-27-15-7-5-4-6-13(15)23-18(25)11-14(24)19(22-23)20(26)21-12-8-9-16(28-2)17(10-12)29-3/h4-11,24H,1-3H3,(H,21,26). The fourth-order valence-corrected chi connectivity index (χ4v) is 2.69. The molecule has 0 unspecified atom stereocenters. The van der Waals surface area contributed by atoms with Gasteiger partial charge in [0.15, 0.2) is 22.9 Å². The number of ether oxygens (including phenoxy) is 3. The van der Waals surface area contributed by atoms with Crippen LogP contribution >= 0.6 is 0 Å². The fourth-order valence-electron chi connectivity index (χ4n) is 2.69. The summed E-state index contributed by atoms with van der Waals surface area (Å²) in [5.41, 5.74) is -0.219. The van der Waals surface area contributed by atoms with E-state index >= 15 is 0 Å². The molecule has 3 aromatic rings. The van der Waals surface area contributed by atoms with Crippen molar-refractivity contribution in [1.82, 2.24) is 9.78 Å². The number of hydrogen-bond acceptors (Lipinski definition) is 7.